The molecule has 0 amide bonds. The van der Waals surface area contributed by atoms with E-state index in [0.717, 1.165) is 11.6 Å². The van der Waals surface area contributed by atoms with Gasteiger partial charge in [-0.2, -0.15) is 0 Å². The predicted octanol–water partition coefficient (Wildman–Crippen LogP) is 3.07. The molecule has 1 heterocycles. The normalized spacial score (nSPS) is 18.9. The van der Waals surface area contributed by atoms with E-state index in [1.54, 1.807) is 0 Å². The zero-order valence-electron chi connectivity index (χ0n) is 8.26. The Morgan fingerprint density at radius 1 is 1.38 bits per heavy atom. The molecule has 70 valence electrons. The smallest absolute Gasteiger partial charge is 0.0426 e. The van der Waals surface area contributed by atoms with E-state index >= 15 is 0 Å². The second kappa shape index (κ2) is 2.65. The lowest BCUT2D eigenvalue weighted by molar-refractivity contribution is 0.563. The minimum absolute atomic E-state index is 0.259. The summed E-state index contributed by atoms with van der Waals surface area (Å²) < 4.78 is 0. The number of rotatable bonds is 0. The van der Waals surface area contributed by atoms with Crippen molar-refractivity contribution in [2.24, 2.45) is 0 Å². The molecular weight excluding hydrogens is 182 g/mol. The van der Waals surface area contributed by atoms with Crippen molar-refractivity contribution in [3.05, 3.63) is 28.8 Å². The highest BCUT2D eigenvalue weighted by Gasteiger charge is 2.32. The van der Waals surface area contributed by atoms with Gasteiger partial charge in [0.05, 0.1) is 0 Å². The van der Waals surface area contributed by atoms with Crippen molar-refractivity contribution in [1.29, 1.82) is 0 Å². The number of fused-ring (bicyclic) bond motifs is 1. The topological polar surface area (TPSA) is 3.24 Å². The fraction of sp³-hybridized carbons (Fsp3) is 0.455. The van der Waals surface area contributed by atoms with E-state index in [-0.39, 0.29) is 5.41 Å². The number of hydrogen-bond acceptors (Lipinski definition) is 1. The second-order valence-electron chi connectivity index (χ2n) is 4.40. The average molecular weight is 196 g/mol. The van der Waals surface area contributed by atoms with Crippen molar-refractivity contribution in [3.8, 4) is 0 Å². The van der Waals surface area contributed by atoms with Crippen LogP contribution in [0.15, 0.2) is 18.2 Å². The molecule has 0 unspecified atom stereocenters. The summed E-state index contributed by atoms with van der Waals surface area (Å²) in [6.45, 7) is 5.61. The quantitative estimate of drug-likeness (QED) is 0.615. The first kappa shape index (κ1) is 8.89. The van der Waals surface area contributed by atoms with Crippen molar-refractivity contribution in [3.63, 3.8) is 0 Å². The highest BCUT2D eigenvalue weighted by atomic mass is 35.5. The molecule has 0 saturated carbocycles. The molecule has 0 saturated heterocycles. The minimum Gasteiger partial charge on any atom is -0.373 e. The highest BCUT2D eigenvalue weighted by Crippen LogP contribution is 2.40. The van der Waals surface area contributed by atoms with Gasteiger partial charge in [-0.3, -0.25) is 0 Å². The molecule has 1 aromatic carbocycles. The molecule has 0 N–H and O–H groups in total. The Morgan fingerprint density at radius 2 is 2.08 bits per heavy atom. The molecule has 1 aromatic rings. The molecule has 0 aliphatic carbocycles. The van der Waals surface area contributed by atoms with Gasteiger partial charge in [-0.1, -0.05) is 31.5 Å². The highest BCUT2D eigenvalue weighted by molar-refractivity contribution is 6.30. The van der Waals surface area contributed by atoms with E-state index in [0.29, 0.717) is 0 Å². The lowest BCUT2D eigenvalue weighted by Crippen LogP contribution is -2.24. The summed E-state index contributed by atoms with van der Waals surface area (Å²) in [4.78, 5) is 2.27. The molecule has 2 heteroatoms. The van der Waals surface area contributed by atoms with Crippen LogP contribution in [0.4, 0.5) is 5.69 Å². The zero-order chi connectivity index (χ0) is 9.64. The maximum Gasteiger partial charge on any atom is 0.0426 e. The third kappa shape index (κ3) is 1.31. The predicted molar refractivity (Wildman–Crippen MR) is 57.7 cm³/mol. The van der Waals surface area contributed by atoms with E-state index in [1.807, 2.05) is 12.1 Å². The Balaban J connectivity index is 2.59. The van der Waals surface area contributed by atoms with Gasteiger partial charge in [0, 0.05) is 29.7 Å². The number of hydrogen-bond donors (Lipinski definition) is 0. The zero-order valence-corrected chi connectivity index (χ0v) is 9.02. The number of anilines is 1. The molecule has 0 fully saturated rings. The summed E-state index contributed by atoms with van der Waals surface area (Å²) >= 11 is 5.96. The van der Waals surface area contributed by atoms with Crippen molar-refractivity contribution >= 4 is 17.3 Å². The summed E-state index contributed by atoms with van der Waals surface area (Å²) in [6.07, 6.45) is 0. The summed E-state index contributed by atoms with van der Waals surface area (Å²) in [7, 11) is 2.11. The standard InChI is InChI=1S/C11H14ClN/c1-11(2)7-13(3)10-6-8(12)4-5-9(10)11/h4-6H,7H2,1-3H3. The van der Waals surface area contributed by atoms with Crippen molar-refractivity contribution in [1.82, 2.24) is 0 Å². The summed E-state index contributed by atoms with van der Waals surface area (Å²) in [5.74, 6) is 0. The van der Waals surface area contributed by atoms with Crippen LogP contribution in [0.1, 0.15) is 19.4 Å². The van der Waals surface area contributed by atoms with Gasteiger partial charge >= 0.3 is 0 Å². The molecular formula is C11H14ClN. The third-order valence-corrected chi connectivity index (χ3v) is 2.97. The molecule has 1 aliphatic rings. The maximum atomic E-state index is 5.96. The van der Waals surface area contributed by atoms with Crippen LogP contribution in [0.3, 0.4) is 0 Å². The molecule has 13 heavy (non-hydrogen) atoms. The molecule has 0 spiro atoms. The monoisotopic (exact) mass is 195 g/mol. The van der Waals surface area contributed by atoms with Crippen molar-refractivity contribution < 1.29 is 0 Å². The SMILES string of the molecule is CN1CC(C)(C)c2ccc(Cl)cc21. The lowest BCUT2D eigenvalue weighted by Gasteiger charge is -2.18. The Kier molecular flexibility index (Phi) is 1.81. The second-order valence-corrected chi connectivity index (χ2v) is 4.84. The van der Waals surface area contributed by atoms with E-state index in [9.17, 15) is 0 Å². The number of nitrogens with zero attached hydrogens (tertiary/aromatic N) is 1. The van der Waals surface area contributed by atoms with Gasteiger partial charge in [-0.25, -0.2) is 0 Å². The molecule has 1 aliphatic heterocycles. The largest absolute Gasteiger partial charge is 0.373 e. The Hall–Kier alpha value is -0.690. The molecule has 0 bridgehead atoms. The van der Waals surface area contributed by atoms with Gasteiger partial charge in [-0.05, 0) is 17.7 Å². The van der Waals surface area contributed by atoms with Crippen LogP contribution in [-0.4, -0.2) is 13.6 Å². The van der Waals surface area contributed by atoms with Crippen LogP contribution in [0.2, 0.25) is 5.02 Å². The first-order chi connectivity index (χ1) is 6.00. The van der Waals surface area contributed by atoms with Crippen molar-refractivity contribution in [2.45, 2.75) is 19.3 Å². The van der Waals surface area contributed by atoms with Crippen LogP contribution in [0.25, 0.3) is 0 Å². The fourth-order valence-electron chi connectivity index (χ4n) is 2.16. The molecule has 0 radical (unpaired) electrons. The first-order valence-corrected chi connectivity index (χ1v) is 4.90. The number of likely N-dealkylation sites (N-methyl/N-ethyl adjacent to an activating group) is 1. The average Bonchev–Trinajstić information content (AvgIpc) is 2.22. The van der Waals surface area contributed by atoms with Gasteiger partial charge < -0.3 is 4.90 Å². The van der Waals surface area contributed by atoms with Gasteiger partial charge in [0.2, 0.25) is 0 Å². The summed E-state index contributed by atoms with van der Waals surface area (Å²) in [5, 5.41) is 0.823. The Morgan fingerprint density at radius 3 is 2.77 bits per heavy atom. The fourth-order valence-corrected chi connectivity index (χ4v) is 2.32. The van der Waals surface area contributed by atoms with Crippen LogP contribution in [0.5, 0.6) is 0 Å². The van der Waals surface area contributed by atoms with Gasteiger partial charge in [0.15, 0.2) is 0 Å². The number of benzene rings is 1. The van der Waals surface area contributed by atoms with E-state index in [2.05, 4.69) is 31.9 Å². The van der Waals surface area contributed by atoms with E-state index in [1.165, 1.54) is 11.3 Å². The third-order valence-electron chi connectivity index (χ3n) is 2.73. The lowest BCUT2D eigenvalue weighted by atomic mass is 9.87. The van der Waals surface area contributed by atoms with E-state index in [4.69, 9.17) is 11.6 Å². The van der Waals surface area contributed by atoms with Crippen LogP contribution in [-0.2, 0) is 5.41 Å². The van der Waals surface area contributed by atoms with Crippen LogP contribution >= 0.6 is 11.6 Å². The molecule has 2 rings (SSSR count). The number of halogens is 1. The van der Waals surface area contributed by atoms with Gasteiger partial charge in [-0.15, -0.1) is 0 Å². The van der Waals surface area contributed by atoms with Crippen molar-refractivity contribution in [2.75, 3.05) is 18.5 Å². The molecule has 1 nitrogen and oxygen atoms in total. The molecule has 0 aromatic heterocycles. The minimum atomic E-state index is 0.259. The van der Waals surface area contributed by atoms with Crippen LogP contribution < -0.4 is 4.90 Å². The summed E-state index contributed by atoms with van der Waals surface area (Å²) in [5.41, 5.74) is 2.94. The van der Waals surface area contributed by atoms with Gasteiger partial charge in [0.25, 0.3) is 0 Å². The molecule has 0 atom stereocenters. The summed E-state index contributed by atoms with van der Waals surface area (Å²) in [6, 6.07) is 6.16. The van der Waals surface area contributed by atoms with E-state index < -0.39 is 0 Å². The van der Waals surface area contributed by atoms with Crippen LogP contribution in [0, 0.1) is 0 Å². The van der Waals surface area contributed by atoms with Gasteiger partial charge in [0.1, 0.15) is 0 Å². The maximum absolute atomic E-state index is 5.96. The Bertz CT molecular complexity index is 344. The Labute approximate surface area is 84.3 Å². The first-order valence-electron chi connectivity index (χ1n) is 4.52.